The number of benzene rings is 1. The number of hydrogen-bond donors (Lipinski definition) is 0. The lowest BCUT2D eigenvalue weighted by atomic mass is 9.79. The largest absolute Gasteiger partial charge is 0.306 e. The van der Waals surface area contributed by atoms with Crippen molar-refractivity contribution in [1.82, 2.24) is 4.90 Å². The van der Waals surface area contributed by atoms with Crippen LogP contribution in [0.4, 0.5) is 0 Å². The maximum absolute atomic E-state index is 2.45. The minimum atomic E-state index is 0.741. The molecule has 1 heteroatoms. The predicted molar refractivity (Wildman–Crippen MR) is 81.7 cm³/mol. The van der Waals surface area contributed by atoms with Crippen LogP contribution in [-0.2, 0) is 12.8 Å². The lowest BCUT2D eigenvalue weighted by molar-refractivity contribution is 0.267. The Bertz CT molecular complexity index is 449. The smallest absolute Gasteiger partial charge is 0.0133 e. The Labute approximate surface area is 118 Å². The first-order valence-corrected chi connectivity index (χ1v) is 7.94. The van der Waals surface area contributed by atoms with Crippen LogP contribution < -0.4 is 0 Å². The maximum Gasteiger partial charge on any atom is 0.0133 e. The molecule has 3 unspecified atom stereocenters. The maximum atomic E-state index is 2.45. The van der Waals surface area contributed by atoms with E-state index in [1.165, 1.54) is 38.5 Å². The van der Waals surface area contributed by atoms with Gasteiger partial charge in [-0.05, 0) is 68.3 Å². The van der Waals surface area contributed by atoms with Crippen molar-refractivity contribution in [3.8, 4) is 0 Å². The zero-order chi connectivity index (χ0) is 13.4. The summed E-state index contributed by atoms with van der Waals surface area (Å²) in [5, 5.41) is 0. The Balaban J connectivity index is 1.94. The molecule has 0 saturated heterocycles. The second-order valence-corrected chi connectivity index (χ2v) is 6.86. The first kappa shape index (κ1) is 13.2. The Morgan fingerprint density at radius 2 is 1.95 bits per heavy atom. The van der Waals surface area contributed by atoms with E-state index in [0.29, 0.717) is 0 Å². The highest BCUT2D eigenvalue weighted by atomic mass is 15.1. The van der Waals surface area contributed by atoms with Gasteiger partial charge in [0.25, 0.3) is 0 Å². The van der Waals surface area contributed by atoms with E-state index in [4.69, 9.17) is 0 Å². The summed E-state index contributed by atoms with van der Waals surface area (Å²) in [5.41, 5.74) is 5.02. The molecule has 3 atom stereocenters. The van der Waals surface area contributed by atoms with E-state index in [1.54, 1.807) is 16.7 Å². The topological polar surface area (TPSA) is 3.24 Å². The molecule has 0 amide bonds. The summed E-state index contributed by atoms with van der Waals surface area (Å²) in [7, 11) is 4.47. The molecule has 104 valence electrons. The molecule has 0 spiro atoms. The fourth-order valence-electron chi connectivity index (χ4n) is 4.19. The van der Waals surface area contributed by atoms with Gasteiger partial charge in [0, 0.05) is 6.04 Å². The molecule has 0 radical (unpaired) electrons. The SMILES string of the molecule is CC1CCCC1c1cccc2c1CC(N(C)C)CC2. The standard InChI is InChI=1S/C18H27N/c1-13-6-4-8-16(13)17-9-5-7-14-10-11-15(19(2)3)12-18(14)17/h5,7,9,13,15-16H,4,6,8,10-12H2,1-3H3. The molecule has 0 aliphatic heterocycles. The number of hydrogen-bond acceptors (Lipinski definition) is 1. The average molecular weight is 257 g/mol. The van der Waals surface area contributed by atoms with Gasteiger partial charge in [-0.15, -0.1) is 0 Å². The van der Waals surface area contributed by atoms with Crippen LogP contribution in [0.25, 0.3) is 0 Å². The Hall–Kier alpha value is -0.820. The number of nitrogens with zero attached hydrogens (tertiary/aromatic N) is 1. The summed E-state index contributed by atoms with van der Waals surface area (Å²) in [6.45, 7) is 2.45. The van der Waals surface area contributed by atoms with Crippen LogP contribution in [0.1, 0.15) is 55.2 Å². The summed E-state index contributed by atoms with van der Waals surface area (Å²) >= 11 is 0. The molecular weight excluding hydrogens is 230 g/mol. The summed E-state index contributed by atoms with van der Waals surface area (Å²) < 4.78 is 0. The Kier molecular flexibility index (Phi) is 3.66. The van der Waals surface area contributed by atoms with E-state index in [9.17, 15) is 0 Å². The van der Waals surface area contributed by atoms with Gasteiger partial charge in [-0.1, -0.05) is 38.0 Å². The van der Waals surface area contributed by atoms with Gasteiger partial charge in [-0.2, -0.15) is 0 Å². The number of fused-ring (bicyclic) bond motifs is 1. The van der Waals surface area contributed by atoms with Crippen LogP contribution in [0.15, 0.2) is 18.2 Å². The number of aryl methyl sites for hydroxylation is 1. The molecule has 1 fully saturated rings. The quantitative estimate of drug-likeness (QED) is 0.774. The van der Waals surface area contributed by atoms with Gasteiger partial charge in [-0.3, -0.25) is 0 Å². The molecule has 1 aromatic rings. The van der Waals surface area contributed by atoms with Crippen LogP contribution in [0.2, 0.25) is 0 Å². The van der Waals surface area contributed by atoms with E-state index >= 15 is 0 Å². The fraction of sp³-hybridized carbons (Fsp3) is 0.667. The van der Waals surface area contributed by atoms with Gasteiger partial charge in [0.1, 0.15) is 0 Å². The van der Waals surface area contributed by atoms with E-state index in [2.05, 4.69) is 44.1 Å². The van der Waals surface area contributed by atoms with Crippen LogP contribution in [0.3, 0.4) is 0 Å². The Morgan fingerprint density at radius 1 is 1.11 bits per heavy atom. The predicted octanol–water partition coefficient (Wildman–Crippen LogP) is 4.01. The normalized spacial score (nSPS) is 30.6. The van der Waals surface area contributed by atoms with Crippen LogP contribution in [-0.4, -0.2) is 25.0 Å². The molecule has 0 bridgehead atoms. The van der Waals surface area contributed by atoms with Crippen molar-refractivity contribution in [2.75, 3.05) is 14.1 Å². The first-order chi connectivity index (χ1) is 9.16. The third-order valence-corrected chi connectivity index (χ3v) is 5.49. The van der Waals surface area contributed by atoms with Crippen LogP contribution >= 0.6 is 0 Å². The molecule has 3 rings (SSSR count). The minimum Gasteiger partial charge on any atom is -0.306 e. The van der Waals surface area contributed by atoms with Gasteiger partial charge in [0.05, 0.1) is 0 Å². The van der Waals surface area contributed by atoms with Crippen molar-refractivity contribution in [2.45, 2.75) is 57.4 Å². The zero-order valence-corrected chi connectivity index (χ0v) is 12.7. The van der Waals surface area contributed by atoms with E-state index in [0.717, 1.165) is 17.9 Å². The Morgan fingerprint density at radius 3 is 2.63 bits per heavy atom. The molecule has 1 nitrogen and oxygen atoms in total. The molecule has 1 aromatic carbocycles. The van der Waals surface area contributed by atoms with Gasteiger partial charge in [-0.25, -0.2) is 0 Å². The second-order valence-electron chi connectivity index (χ2n) is 6.86. The molecule has 1 saturated carbocycles. The van der Waals surface area contributed by atoms with Crippen molar-refractivity contribution in [3.63, 3.8) is 0 Å². The minimum absolute atomic E-state index is 0.741. The van der Waals surface area contributed by atoms with Crippen LogP contribution in [0, 0.1) is 5.92 Å². The third kappa shape index (κ3) is 2.45. The molecule has 0 aromatic heterocycles. The van der Waals surface area contributed by atoms with Crippen molar-refractivity contribution >= 4 is 0 Å². The van der Waals surface area contributed by atoms with Gasteiger partial charge in [0.2, 0.25) is 0 Å². The fourth-order valence-corrected chi connectivity index (χ4v) is 4.19. The summed E-state index contributed by atoms with van der Waals surface area (Å²) in [4.78, 5) is 2.41. The lowest BCUT2D eigenvalue weighted by Crippen LogP contribution is -2.34. The van der Waals surface area contributed by atoms with Crippen molar-refractivity contribution in [1.29, 1.82) is 0 Å². The van der Waals surface area contributed by atoms with Crippen molar-refractivity contribution < 1.29 is 0 Å². The molecule has 2 aliphatic rings. The third-order valence-electron chi connectivity index (χ3n) is 5.49. The molecule has 0 N–H and O–H groups in total. The monoisotopic (exact) mass is 257 g/mol. The zero-order valence-electron chi connectivity index (χ0n) is 12.7. The number of rotatable bonds is 2. The van der Waals surface area contributed by atoms with Gasteiger partial charge >= 0.3 is 0 Å². The molecule has 2 aliphatic carbocycles. The molecule has 19 heavy (non-hydrogen) atoms. The van der Waals surface area contributed by atoms with E-state index < -0.39 is 0 Å². The summed E-state index contributed by atoms with van der Waals surface area (Å²) in [5.74, 6) is 1.71. The highest BCUT2D eigenvalue weighted by Crippen LogP contribution is 2.42. The van der Waals surface area contributed by atoms with E-state index in [-0.39, 0.29) is 0 Å². The second kappa shape index (κ2) is 5.28. The number of likely N-dealkylation sites (N-methyl/N-ethyl adjacent to an activating group) is 1. The van der Waals surface area contributed by atoms with Gasteiger partial charge < -0.3 is 4.90 Å². The highest BCUT2D eigenvalue weighted by molar-refractivity contribution is 5.40. The van der Waals surface area contributed by atoms with Crippen molar-refractivity contribution in [2.24, 2.45) is 5.92 Å². The molecular formula is C18H27N. The van der Waals surface area contributed by atoms with Gasteiger partial charge in [0.15, 0.2) is 0 Å². The van der Waals surface area contributed by atoms with Crippen molar-refractivity contribution in [3.05, 3.63) is 34.9 Å². The van der Waals surface area contributed by atoms with E-state index in [1.807, 2.05) is 0 Å². The summed E-state index contributed by atoms with van der Waals surface area (Å²) in [6.07, 6.45) is 8.11. The summed E-state index contributed by atoms with van der Waals surface area (Å²) in [6, 6.07) is 7.83. The van der Waals surface area contributed by atoms with Crippen LogP contribution in [0.5, 0.6) is 0 Å². The molecule has 0 heterocycles. The highest BCUT2D eigenvalue weighted by Gasteiger charge is 2.30. The lowest BCUT2D eigenvalue weighted by Gasteiger charge is -2.33. The first-order valence-electron chi connectivity index (χ1n) is 7.94. The average Bonchev–Trinajstić information content (AvgIpc) is 2.83.